The first-order valence-corrected chi connectivity index (χ1v) is 7.56. The van der Waals surface area contributed by atoms with Gasteiger partial charge in [0.25, 0.3) is 0 Å². The molecule has 0 amide bonds. The van der Waals surface area contributed by atoms with E-state index in [-0.39, 0.29) is 10.9 Å². The van der Waals surface area contributed by atoms with Gasteiger partial charge in [0.05, 0.1) is 4.24 Å². The van der Waals surface area contributed by atoms with Gasteiger partial charge >= 0.3 is 12.1 Å². The van der Waals surface area contributed by atoms with Crippen molar-refractivity contribution in [2.75, 3.05) is 0 Å². The minimum Gasteiger partial charge on any atom is -0.457 e. The molecule has 0 N–H and O–H groups in total. The lowest BCUT2D eigenvalue weighted by Crippen LogP contribution is -2.22. The lowest BCUT2D eigenvalue weighted by Gasteiger charge is -2.18. The van der Waals surface area contributed by atoms with E-state index >= 15 is 0 Å². The van der Waals surface area contributed by atoms with Crippen LogP contribution in [-0.4, -0.2) is 34.9 Å². The van der Waals surface area contributed by atoms with Crippen LogP contribution in [0.2, 0.25) is 0 Å². The maximum absolute atomic E-state index is 11.5. The van der Waals surface area contributed by atoms with Gasteiger partial charge in [0.15, 0.2) is 0 Å². The Balaban J connectivity index is 0.000000612. The van der Waals surface area contributed by atoms with Crippen molar-refractivity contribution in [1.29, 1.82) is 0 Å². The Labute approximate surface area is 125 Å². The standard InChI is InChI=1S/C10H12O5S2.C2H4O/c1-10(2,3)15-5(11)4-6-16-7-8(17-6)14-9(12)13-7;1-2-3/h4,7-8H,1-3H3;2H,1H3. The van der Waals surface area contributed by atoms with Gasteiger partial charge in [0.1, 0.15) is 11.9 Å². The highest BCUT2D eigenvalue weighted by Crippen LogP contribution is 2.50. The number of carbonyl (C=O) groups is 3. The monoisotopic (exact) mass is 320 g/mol. The molecule has 6 nitrogen and oxygen atoms in total. The third-order valence-electron chi connectivity index (χ3n) is 1.75. The first-order chi connectivity index (χ1) is 9.25. The Kier molecular flexibility index (Phi) is 5.94. The average molecular weight is 320 g/mol. The summed E-state index contributed by atoms with van der Waals surface area (Å²) in [5.41, 5.74) is -1.23. The zero-order valence-electron chi connectivity index (χ0n) is 11.6. The Bertz CT molecular complexity index is 408. The largest absolute Gasteiger partial charge is 0.510 e. The van der Waals surface area contributed by atoms with Crippen molar-refractivity contribution in [2.45, 2.75) is 44.2 Å². The minimum atomic E-state index is -0.656. The molecule has 2 heterocycles. The van der Waals surface area contributed by atoms with E-state index in [4.69, 9.17) is 19.0 Å². The van der Waals surface area contributed by atoms with Crippen molar-refractivity contribution in [1.82, 2.24) is 0 Å². The van der Waals surface area contributed by atoms with Crippen molar-refractivity contribution in [3.8, 4) is 0 Å². The highest BCUT2D eigenvalue weighted by atomic mass is 32.2. The highest BCUT2D eigenvalue weighted by Gasteiger charge is 2.44. The third-order valence-corrected chi connectivity index (χ3v) is 4.36. The number of rotatable bonds is 1. The third kappa shape index (κ3) is 5.46. The fourth-order valence-corrected chi connectivity index (χ4v) is 3.74. The fraction of sp³-hybridized carbons (Fsp3) is 0.583. The van der Waals surface area contributed by atoms with Crippen LogP contribution in [0.15, 0.2) is 10.3 Å². The molecule has 2 aliphatic heterocycles. The first-order valence-electron chi connectivity index (χ1n) is 5.80. The van der Waals surface area contributed by atoms with Gasteiger partial charge in [-0.1, -0.05) is 23.5 Å². The molecule has 20 heavy (non-hydrogen) atoms. The molecule has 0 aliphatic carbocycles. The quantitative estimate of drug-likeness (QED) is 0.414. The maximum atomic E-state index is 11.5. The predicted molar refractivity (Wildman–Crippen MR) is 76.0 cm³/mol. The Morgan fingerprint density at radius 2 is 1.70 bits per heavy atom. The molecule has 0 aromatic carbocycles. The van der Waals surface area contributed by atoms with Gasteiger partial charge in [-0.2, -0.15) is 0 Å². The van der Waals surface area contributed by atoms with Crippen molar-refractivity contribution >= 4 is 41.9 Å². The van der Waals surface area contributed by atoms with Crippen LogP contribution in [0.3, 0.4) is 0 Å². The van der Waals surface area contributed by atoms with Gasteiger partial charge in [-0.15, -0.1) is 0 Å². The van der Waals surface area contributed by atoms with Gasteiger partial charge in [-0.3, -0.25) is 0 Å². The number of esters is 1. The van der Waals surface area contributed by atoms with Crippen molar-refractivity contribution < 1.29 is 28.6 Å². The van der Waals surface area contributed by atoms with E-state index in [9.17, 15) is 9.59 Å². The van der Waals surface area contributed by atoms with Crippen LogP contribution in [-0.2, 0) is 23.8 Å². The summed E-state index contributed by atoms with van der Waals surface area (Å²) >= 11 is 2.59. The topological polar surface area (TPSA) is 78.9 Å². The van der Waals surface area contributed by atoms with Gasteiger partial charge in [0.2, 0.25) is 10.9 Å². The number of aldehydes is 1. The molecule has 0 radical (unpaired) electrons. The van der Waals surface area contributed by atoms with E-state index in [1.807, 2.05) is 0 Å². The van der Waals surface area contributed by atoms with Crippen LogP contribution in [0, 0.1) is 0 Å². The average Bonchev–Trinajstić information content (AvgIpc) is 2.71. The summed E-state index contributed by atoms with van der Waals surface area (Å²) in [5, 5.41) is 0. The van der Waals surface area contributed by atoms with Crippen LogP contribution in [0.1, 0.15) is 27.7 Å². The number of thioether (sulfide) groups is 2. The Hall–Kier alpha value is -1.15. The van der Waals surface area contributed by atoms with Crippen LogP contribution in [0.5, 0.6) is 0 Å². The molecule has 0 bridgehead atoms. The number of hydrogen-bond acceptors (Lipinski definition) is 8. The lowest BCUT2D eigenvalue weighted by atomic mass is 10.2. The van der Waals surface area contributed by atoms with Gasteiger partial charge < -0.3 is 19.0 Å². The van der Waals surface area contributed by atoms with E-state index in [2.05, 4.69) is 0 Å². The second kappa shape index (κ2) is 7.03. The van der Waals surface area contributed by atoms with E-state index in [1.54, 1.807) is 20.8 Å². The van der Waals surface area contributed by atoms with Crippen LogP contribution in [0.25, 0.3) is 0 Å². The molecule has 0 spiro atoms. The summed E-state index contributed by atoms with van der Waals surface area (Å²) in [7, 11) is 0. The Morgan fingerprint density at radius 1 is 1.25 bits per heavy atom. The first kappa shape index (κ1) is 16.9. The summed E-state index contributed by atoms with van der Waals surface area (Å²) in [6, 6.07) is 0. The molecule has 2 aliphatic rings. The molecular weight excluding hydrogens is 304 g/mol. The van der Waals surface area contributed by atoms with Gasteiger partial charge in [0, 0.05) is 6.08 Å². The predicted octanol–water partition coefficient (Wildman–Crippen LogP) is 2.67. The number of hydrogen-bond donors (Lipinski definition) is 0. The van der Waals surface area contributed by atoms with E-state index in [0.717, 1.165) is 10.5 Å². The zero-order valence-corrected chi connectivity index (χ0v) is 13.2. The molecular formula is C12H16O6S2. The number of fused-ring (bicyclic) bond motifs is 1. The molecule has 0 saturated carbocycles. The molecule has 0 aromatic heterocycles. The maximum Gasteiger partial charge on any atom is 0.510 e. The fourth-order valence-electron chi connectivity index (χ4n) is 1.24. The van der Waals surface area contributed by atoms with Crippen molar-refractivity contribution in [2.24, 2.45) is 0 Å². The minimum absolute atomic E-state index is 0.360. The number of carbonyl (C=O) groups excluding carboxylic acids is 3. The SMILES string of the molecule is CC(C)(C)OC(=O)C=C1SC2OC(=O)OC2S1.CC=O. The lowest BCUT2D eigenvalue weighted by molar-refractivity contribution is -0.148. The van der Waals surface area contributed by atoms with Gasteiger partial charge in [-0.05, 0) is 27.7 Å². The van der Waals surface area contributed by atoms with E-state index < -0.39 is 17.7 Å². The summed E-state index contributed by atoms with van der Waals surface area (Å²) in [6.07, 6.45) is 1.49. The summed E-state index contributed by atoms with van der Waals surface area (Å²) in [6.45, 7) is 6.86. The van der Waals surface area contributed by atoms with E-state index in [0.29, 0.717) is 0 Å². The molecule has 2 saturated heterocycles. The molecule has 2 rings (SSSR count). The van der Waals surface area contributed by atoms with Crippen molar-refractivity contribution in [3.63, 3.8) is 0 Å². The normalized spacial score (nSPS) is 23.8. The molecule has 0 aromatic rings. The van der Waals surface area contributed by atoms with Crippen LogP contribution >= 0.6 is 23.5 Å². The molecule has 112 valence electrons. The Morgan fingerprint density at radius 3 is 2.10 bits per heavy atom. The van der Waals surface area contributed by atoms with Crippen LogP contribution < -0.4 is 0 Å². The highest BCUT2D eigenvalue weighted by molar-refractivity contribution is 8.25. The van der Waals surface area contributed by atoms with Gasteiger partial charge in [-0.25, -0.2) is 9.59 Å². The summed E-state index contributed by atoms with van der Waals surface area (Å²) in [5.74, 6) is -0.404. The molecule has 2 atom stereocenters. The second-order valence-electron chi connectivity index (χ2n) is 4.69. The summed E-state index contributed by atoms with van der Waals surface area (Å²) in [4.78, 5) is 31.1. The zero-order chi connectivity index (χ0) is 15.3. The smallest absolute Gasteiger partial charge is 0.457 e. The van der Waals surface area contributed by atoms with E-state index in [1.165, 1.54) is 36.5 Å². The number of ether oxygens (including phenoxy) is 3. The molecule has 8 heteroatoms. The molecule has 2 fully saturated rings. The molecule has 2 unspecified atom stereocenters. The summed E-state index contributed by atoms with van der Waals surface area (Å²) < 4.78 is 15.7. The van der Waals surface area contributed by atoms with Crippen molar-refractivity contribution in [3.05, 3.63) is 10.3 Å². The van der Waals surface area contributed by atoms with Crippen LogP contribution in [0.4, 0.5) is 4.79 Å². The second-order valence-corrected chi connectivity index (χ2v) is 7.23.